The van der Waals surface area contributed by atoms with E-state index >= 15 is 0 Å². The summed E-state index contributed by atoms with van der Waals surface area (Å²) in [6.45, 7) is -0.0194. The van der Waals surface area contributed by atoms with Gasteiger partial charge in [0, 0.05) is 17.8 Å². The van der Waals surface area contributed by atoms with E-state index in [1.165, 1.54) is 36.5 Å². The predicted molar refractivity (Wildman–Crippen MR) is 81.8 cm³/mol. The topological polar surface area (TPSA) is 90.1 Å². The Hall–Kier alpha value is -3.50. The maximum Gasteiger partial charge on any atom is 0.471 e. The van der Waals surface area contributed by atoms with Crippen molar-refractivity contribution < 1.29 is 31.6 Å². The number of benzene rings is 1. The third-order valence-corrected chi connectivity index (χ3v) is 3.17. The van der Waals surface area contributed by atoms with Gasteiger partial charge in [-0.1, -0.05) is 11.2 Å². The van der Waals surface area contributed by atoms with E-state index in [1.807, 2.05) is 0 Å². The van der Waals surface area contributed by atoms with Crippen LogP contribution in [0.15, 0.2) is 47.1 Å². The molecule has 0 unspecified atom stereocenters. The molecule has 0 fully saturated rings. The van der Waals surface area contributed by atoms with Gasteiger partial charge in [0.25, 0.3) is 0 Å². The highest BCUT2D eigenvalue weighted by atomic mass is 19.4. The monoisotopic (exact) mass is 382 g/mol. The van der Waals surface area contributed by atoms with Crippen LogP contribution in [0.25, 0.3) is 11.4 Å². The van der Waals surface area contributed by atoms with Crippen molar-refractivity contribution >= 4 is 6.09 Å². The number of alkyl halides is 3. The fourth-order valence-corrected chi connectivity index (χ4v) is 1.95. The first-order valence-corrected chi connectivity index (χ1v) is 7.39. The van der Waals surface area contributed by atoms with Crippen molar-refractivity contribution in [2.75, 3.05) is 0 Å². The Balaban J connectivity index is 1.57. The number of hydrogen-bond donors (Lipinski definition) is 1. The van der Waals surface area contributed by atoms with Gasteiger partial charge in [0.15, 0.2) is 0 Å². The molecule has 0 atom stereocenters. The summed E-state index contributed by atoms with van der Waals surface area (Å²) < 4.78 is 59.4. The molecule has 0 radical (unpaired) electrons. The number of nitrogens with one attached hydrogen (secondary N) is 1. The van der Waals surface area contributed by atoms with Gasteiger partial charge in [0.05, 0.1) is 12.2 Å². The summed E-state index contributed by atoms with van der Waals surface area (Å²) in [7, 11) is 0. The molecule has 0 aliphatic heterocycles. The largest absolute Gasteiger partial charge is 0.471 e. The third-order valence-electron chi connectivity index (χ3n) is 3.17. The fraction of sp³-hybridized carbons (Fsp3) is 0.125. The van der Waals surface area contributed by atoms with Crippen LogP contribution in [-0.4, -0.2) is 21.2 Å². The molecule has 0 spiro atoms. The zero-order valence-electron chi connectivity index (χ0n) is 13.3. The Labute approximate surface area is 149 Å². The lowest BCUT2D eigenvalue weighted by Crippen LogP contribution is -2.26. The normalized spacial score (nSPS) is 11.3. The highest BCUT2D eigenvalue weighted by Gasteiger charge is 2.38. The minimum atomic E-state index is -4.73. The number of aromatic nitrogens is 3. The number of amides is 1. The van der Waals surface area contributed by atoms with Gasteiger partial charge in [-0.25, -0.2) is 9.18 Å². The van der Waals surface area contributed by atoms with Crippen LogP contribution in [0.3, 0.4) is 0 Å². The Morgan fingerprint density at radius 3 is 2.67 bits per heavy atom. The first kappa shape index (κ1) is 18.3. The zero-order valence-corrected chi connectivity index (χ0v) is 13.3. The van der Waals surface area contributed by atoms with Crippen LogP contribution in [0, 0.1) is 5.82 Å². The van der Waals surface area contributed by atoms with Crippen molar-refractivity contribution in [2.24, 2.45) is 0 Å². The number of carbonyl (C=O) groups excluding carboxylic acids is 1. The minimum Gasteiger partial charge on any atom is -0.410 e. The van der Waals surface area contributed by atoms with Crippen LogP contribution in [-0.2, 0) is 12.7 Å². The van der Waals surface area contributed by atoms with E-state index in [2.05, 4.69) is 25.0 Å². The SMILES string of the molecule is O=C(NCc1ccc(-c2noc(C(F)(F)F)n2)cn1)Oc1cccc(F)c1. The second kappa shape index (κ2) is 7.40. The third kappa shape index (κ3) is 4.77. The van der Waals surface area contributed by atoms with Crippen LogP contribution in [0.5, 0.6) is 5.75 Å². The van der Waals surface area contributed by atoms with Crippen molar-refractivity contribution in [1.82, 2.24) is 20.4 Å². The molecule has 0 saturated heterocycles. The summed E-state index contributed by atoms with van der Waals surface area (Å²) >= 11 is 0. The van der Waals surface area contributed by atoms with E-state index in [0.29, 0.717) is 5.69 Å². The molecule has 1 amide bonds. The second-order valence-corrected chi connectivity index (χ2v) is 5.16. The van der Waals surface area contributed by atoms with Gasteiger partial charge < -0.3 is 14.6 Å². The van der Waals surface area contributed by atoms with Crippen molar-refractivity contribution in [2.45, 2.75) is 12.7 Å². The Morgan fingerprint density at radius 1 is 1.22 bits per heavy atom. The van der Waals surface area contributed by atoms with Crippen LogP contribution in [0.4, 0.5) is 22.4 Å². The first-order valence-electron chi connectivity index (χ1n) is 7.39. The predicted octanol–water partition coefficient (Wildman–Crippen LogP) is 3.58. The average molecular weight is 382 g/mol. The number of ether oxygens (including phenoxy) is 1. The summed E-state index contributed by atoms with van der Waals surface area (Å²) in [6.07, 6.45) is -4.32. The minimum absolute atomic E-state index is 0.0194. The molecule has 140 valence electrons. The van der Waals surface area contributed by atoms with Crippen molar-refractivity contribution in [3.63, 3.8) is 0 Å². The molecule has 3 aromatic rings. The Kier molecular flexibility index (Phi) is 5.01. The summed E-state index contributed by atoms with van der Waals surface area (Å²) in [5.74, 6) is -2.23. The molecule has 1 aromatic carbocycles. The summed E-state index contributed by atoms with van der Waals surface area (Å²) in [5, 5.41) is 5.65. The summed E-state index contributed by atoms with van der Waals surface area (Å²) in [5.41, 5.74) is 0.606. The molecule has 0 aliphatic carbocycles. The number of carbonyl (C=O) groups is 1. The van der Waals surface area contributed by atoms with Gasteiger partial charge in [-0.3, -0.25) is 4.98 Å². The lowest BCUT2D eigenvalue weighted by atomic mass is 10.2. The number of nitrogens with zero attached hydrogens (tertiary/aromatic N) is 3. The number of halogens is 4. The summed E-state index contributed by atoms with van der Waals surface area (Å²) in [6, 6.07) is 7.94. The maximum absolute atomic E-state index is 13.0. The van der Waals surface area contributed by atoms with Crippen LogP contribution < -0.4 is 10.1 Å². The summed E-state index contributed by atoms with van der Waals surface area (Å²) in [4.78, 5) is 18.9. The second-order valence-electron chi connectivity index (χ2n) is 5.16. The smallest absolute Gasteiger partial charge is 0.410 e. The molecule has 2 heterocycles. The van der Waals surface area contributed by atoms with Crippen molar-refractivity contribution in [1.29, 1.82) is 0 Å². The van der Waals surface area contributed by atoms with Gasteiger partial charge >= 0.3 is 18.2 Å². The van der Waals surface area contributed by atoms with Gasteiger partial charge in [0.2, 0.25) is 5.82 Å². The molecule has 0 aliphatic rings. The molecular weight excluding hydrogens is 372 g/mol. The molecule has 2 aromatic heterocycles. The number of hydrogen-bond acceptors (Lipinski definition) is 6. The zero-order chi connectivity index (χ0) is 19.4. The van der Waals surface area contributed by atoms with Gasteiger partial charge in [0.1, 0.15) is 11.6 Å². The van der Waals surface area contributed by atoms with Crippen molar-refractivity contribution in [3.8, 4) is 17.1 Å². The highest BCUT2D eigenvalue weighted by Crippen LogP contribution is 2.29. The highest BCUT2D eigenvalue weighted by molar-refractivity contribution is 5.70. The van der Waals surface area contributed by atoms with E-state index in [-0.39, 0.29) is 23.7 Å². The lowest BCUT2D eigenvalue weighted by molar-refractivity contribution is -0.159. The van der Waals surface area contributed by atoms with Gasteiger partial charge in [-0.2, -0.15) is 18.2 Å². The first-order chi connectivity index (χ1) is 12.8. The molecule has 0 saturated carbocycles. The number of pyridine rings is 1. The van der Waals surface area contributed by atoms with E-state index in [0.717, 1.165) is 6.07 Å². The van der Waals surface area contributed by atoms with Gasteiger partial charge in [-0.05, 0) is 24.3 Å². The number of rotatable bonds is 4. The van der Waals surface area contributed by atoms with Crippen LogP contribution in [0.2, 0.25) is 0 Å². The quantitative estimate of drug-likeness (QED) is 0.694. The lowest BCUT2D eigenvalue weighted by Gasteiger charge is -2.06. The van der Waals surface area contributed by atoms with E-state index < -0.39 is 24.0 Å². The molecule has 27 heavy (non-hydrogen) atoms. The molecule has 0 bridgehead atoms. The Morgan fingerprint density at radius 2 is 2.04 bits per heavy atom. The molecular formula is C16H10F4N4O3. The van der Waals surface area contributed by atoms with E-state index in [1.54, 1.807) is 0 Å². The molecule has 1 N–H and O–H groups in total. The van der Waals surface area contributed by atoms with E-state index in [9.17, 15) is 22.4 Å². The molecule has 3 rings (SSSR count). The Bertz CT molecular complexity index is 941. The van der Waals surface area contributed by atoms with E-state index in [4.69, 9.17) is 4.74 Å². The molecule has 7 nitrogen and oxygen atoms in total. The maximum atomic E-state index is 13.0. The van der Waals surface area contributed by atoms with Crippen molar-refractivity contribution in [3.05, 3.63) is 60.0 Å². The standard InChI is InChI=1S/C16H10F4N4O3/c17-10-2-1-3-12(6-10)26-15(25)22-8-11-5-4-9(7-21-11)13-23-14(27-24-13)16(18,19)20/h1-7H,8H2,(H,22,25). The van der Waals surface area contributed by atoms with Crippen LogP contribution in [0.1, 0.15) is 11.6 Å². The fourth-order valence-electron chi connectivity index (χ4n) is 1.95. The molecule has 11 heteroatoms. The average Bonchev–Trinajstić information content (AvgIpc) is 3.11. The van der Waals surface area contributed by atoms with Crippen LogP contribution >= 0.6 is 0 Å². The van der Waals surface area contributed by atoms with Gasteiger partial charge in [-0.15, -0.1) is 0 Å².